The van der Waals surface area contributed by atoms with E-state index in [0.717, 1.165) is 12.1 Å². The fourth-order valence-electron chi connectivity index (χ4n) is 3.22. The topological polar surface area (TPSA) is 124 Å². The molecule has 1 heterocycles. The van der Waals surface area contributed by atoms with Crippen LogP contribution >= 0.6 is 0 Å². The molecule has 0 amide bonds. The Hall–Kier alpha value is -4.44. The molecule has 0 bridgehead atoms. The van der Waals surface area contributed by atoms with Gasteiger partial charge in [0, 0.05) is 11.6 Å². The lowest BCUT2D eigenvalue weighted by Crippen LogP contribution is -2.34. The van der Waals surface area contributed by atoms with Crippen molar-refractivity contribution in [1.82, 2.24) is 9.78 Å². The van der Waals surface area contributed by atoms with Gasteiger partial charge in [-0.1, -0.05) is 55.1 Å². The van der Waals surface area contributed by atoms with Gasteiger partial charge in [-0.2, -0.15) is 8.42 Å². The number of nitrogens with zero attached hydrogens (tertiary/aromatic N) is 2. The van der Waals surface area contributed by atoms with Crippen LogP contribution in [0.4, 0.5) is 5.69 Å². The average Bonchev–Trinajstić information content (AvgIpc) is 3.09. The molecule has 0 saturated carbocycles. The van der Waals surface area contributed by atoms with Crippen LogP contribution in [0.15, 0.2) is 88.6 Å². The van der Waals surface area contributed by atoms with Gasteiger partial charge in [0.15, 0.2) is 4.90 Å². The summed E-state index contributed by atoms with van der Waals surface area (Å²) in [6.45, 7) is 3.86. The van der Waals surface area contributed by atoms with Crippen LogP contribution in [0.1, 0.15) is 5.56 Å². The summed E-state index contributed by atoms with van der Waals surface area (Å²) in [6.07, 6.45) is 1.45. The van der Waals surface area contributed by atoms with Crippen molar-refractivity contribution in [2.75, 3.05) is 0 Å². The second kappa shape index (κ2) is 8.60. The van der Waals surface area contributed by atoms with Crippen molar-refractivity contribution < 1.29 is 17.5 Å². The molecule has 10 heteroatoms. The fraction of sp³-hybridized carbons (Fsp3) is 0. The normalized spacial score (nSPS) is 11.9. The molecule has 4 rings (SSSR count). The van der Waals surface area contributed by atoms with Crippen LogP contribution in [-0.2, 0) is 10.1 Å². The second-order valence-electron chi connectivity index (χ2n) is 6.92. The van der Waals surface area contributed by atoms with Gasteiger partial charge in [-0.05, 0) is 30.3 Å². The Balaban J connectivity index is 1.80. The zero-order valence-corrected chi connectivity index (χ0v) is 17.9. The summed E-state index contributed by atoms with van der Waals surface area (Å²) in [7, 11) is -4.53. The first-order chi connectivity index (χ1) is 15.8. The lowest BCUT2D eigenvalue weighted by molar-refractivity contribution is -0.387. The van der Waals surface area contributed by atoms with E-state index in [9.17, 15) is 23.3 Å². The summed E-state index contributed by atoms with van der Waals surface area (Å²) in [6, 6.07) is 19.9. The van der Waals surface area contributed by atoms with E-state index in [0.29, 0.717) is 11.0 Å². The Kier molecular flexibility index (Phi) is 5.67. The van der Waals surface area contributed by atoms with Crippen molar-refractivity contribution in [2.45, 2.75) is 4.90 Å². The highest BCUT2D eigenvalue weighted by atomic mass is 32.2. The SMILES string of the molecule is C=c1[nH]n(-c2ccccc2)c(=O)/c1=C\c1ccccc1OS(=O)(=O)c1ccccc1[N+](=O)[O-]. The smallest absolute Gasteiger partial charge is 0.346 e. The van der Waals surface area contributed by atoms with E-state index in [1.807, 2.05) is 6.07 Å². The maximum atomic E-state index is 13.0. The third kappa shape index (κ3) is 4.32. The largest absolute Gasteiger partial charge is 0.378 e. The molecule has 0 saturated heterocycles. The van der Waals surface area contributed by atoms with Crippen molar-refractivity contribution in [3.8, 4) is 11.4 Å². The quantitative estimate of drug-likeness (QED) is 0.265. The lowest BCUT2D eigenvalue weighted by atomic mass is 10.2. The van der Waals surface area contributed by atoms with E-state index in [1.54, 1.807) is 42.5 Å². The highest BCUT2D eigenvalue weighted by Crippen LogP contribution is 2.28. The van der Waals surface area contributed by atoms with E-state index in [1.165, 1.54) is 29.0 Å². The van der Waals surface area contributed by atoms with Gasteiger partial charge in [0.25, 0.3) is 11.2 Å². The Bertz CT molecular complexity index is 1620. The Morgan fingerprint density at radius 3 is 2.33 bits per heavy atom. The third-order valence-electron chi connectivity index (χ3n) is 4.77. The first kappa shape index (κ1) is 21.8. The number of hydrogen-bond donors (Lipinski definition) is 1. The Morgan fingerprint density at radius 1 is 0.970 bits per heavy atom. The molecule has 0 aliphatic carbocycles. The van der Waals surface area contributed by atoms with E-state index in [4.69, 9.17) is 4.18 Å². The molecule has 0 atom stereocenters. The predicted molar refractivity (Wildman–Crippen MR) is 122 cm³/mol. The maximum Gasteiger partial charge on any atom is 0.346 e. The van der Waals surface area contributed by atoms with Crippen LogP contribution in [0.3, 0.4) is 0 Å². The number of hydrogen-bond acceptors (Lipinski definition) is 6. The molecule has 0 aliphatic rings. The van der Waals surface area contributed by atoms with Crippen LogP contribution in [0.25, 0.3) is 18.3 Å². The number of rotatable bonds is 6. The van der Waals surface area contributed by atoms with Crippen molar-refractivity contribution in [3.63, 3.8) is 0 Å². The van der Waals surface area contributed by atoms with Crippen molar-refractivity contribution in [3.05, 3.63) is 115 Å². The molecule has 0 spiro atoms. The van der Waals surface area contributed by atoms with Gasteiger partial charge >= 0.3 is 10.1 Å². The third-order valence-corrected chi connectivity index (χ3v) is 6.05. The van der Waals surface area contributed by atoms with Gasteiger partial charge in [0.1, 0.15) is 5.75 Å². The molecule has 166 valence electrons. The highest BCUT2D eigenvalue weighted by molar-refractivity contribution is 7.87. The molecule has 3 aromatic carbocycles. The molecule has 0 aliphatic heterocycles. The van der Waals surface area contributed by atoms with E-state index < -0.39 is 25.6 Å². The molecule has 0 radical (unpaired) electrons. The zero-order chi connectivity index (χ0) is 23.6. The lowest BCUT2D eigenvalue weighted by Gasteiger charge is -2.09. The maximum absolute atomic E-state index is 13.0. The zero-order valence-electron chi connectivity index (χ0n) is 17.0. The van der Waals surface area contributed by atoms with Crippen LogP contribution < -0.4 is 20.3 Å². The molecule has 1 N–H and O–H groups in total. The van der Waals surface area contributed by atoms with Gasteiger partial charge in [-0.15, -0.1) is 0 Å². The number of aromatic nitrogens is 2. The molecule has 0 fully saturated rings. The van der Waals surface area contributed by atoms with E-state index >= 15 is 0 Å². The van der Waals surface area contributed by atoms with E-state index in [-0.39, 0.29) is 22.1 Å². The number of benzene rings is 3. The van der Waals surface area contributed by atoms with Crippen LogP contribution in [0, 0.1) is 10.1 Å². The molecule has 0 unspecified atom stereocenters. The predicted octanol–water partition coefficient (Wildman–Crippen LogP) is 2.08. The number of para-hydroxylation sites is 3. The number of nitro groups is 1. The van der Waals surface area contributed by atoms with E-state index in [2.05, 4.69) is 11.7 Å². The molecular formula is C23H17N3O6S. The molecule has 4 aromatic rings. The average molecular weight is 463 g/mol. The number of H-pyrrole nitrogens is 1. The monoisotopic (exact) mass is 463 g/mol. The van der Waals surface area contributed by atoms with Crippen LogP contribution in [0.2, 0.25) is 0 Å². The molecule has 9 nitrogen and oxygen atoms in total. The van der Waals surface area contributed by atoms with Crippen LogP contribution in [-0.4, -0.2) is 23.1 Å². The van der Waals surface area contributed by atoms with Gasteiger partial charge in [-0.3, -0.25) is 20.0 Å². The molecule has 33 heavy (non-hydrogen) atoms. The fourth-order valence-corrected chi connectivity index (χ4v) is 4.34. The Morgan fingerprint density at radius 2 is 1.61 bits per heavy atom. The van der Waals surface area contributed by atoms with Gasteiger partial charge in [-0.25, -0.2) is 4.68 Å². The summed E-state index contributed by atoms with van der Waals surface area (Å²) in [4.78, 5) is 22.8. The Labute approximate surface area is 187 Å². The summed E-state index contributed by atoms with van der Waals surface area (Å²) in [5.74, 6) is -0.0955. The molecule has 1 aromatic heterocycles. The number of nitro benzene ring substituents is 1. The van der Waals surface area contributed by atoms with Gasteiger partial charge < -0.3 is 4.18 Å². The van der Waals surface area contributed by atoms with Crippen molar-refractivity contribution in [2.24, 2.45) is 0 Å². The van der Waals surface area contributed by atoms with Gasteiger partial charge in [0.05, 0.1) is 21.2 Å². The number of nitrogens with one attached hydrogen (secondary N) is 1. The standard InChI is InChI=1S/C23H17N3O6S/c1-16-19(23(27)25(24-16)18-10-3-2-4-11-18)15-17-9-5-7-13-21(17)32-33(30,31)22-14-8-6-12-20(22)26(28)29/h2-15,24H,1H2/b19-15-. The minimum atomic E-state index is -4.53. The summed E-state index contributed by atoms with van der Waals surface area (Å²) in [5.41, 5.74) is -0.102. The minimum Gasteiger partial charge on any atom is -0.378 e. The van der Waals surface area contributed by atoms with Crippen molar-refractivity contribution >= 4 is 28.5 Å². The van der Waals surface area contributed by atoms with Crippen LogP contribution in [0.5, 0.6) is 5.75 Å². The summed E-state index contributed by atoms with van der Waals surface area (Å²) >= 11 is 0. The first-order valence-electron chi connectivity index (χ1n) is 9.62. The number of aromatic amines is 1. The second-order valence-corrected chi connectivity index (χ2v) is 8.44. The summed E-state index contributed by atoms with van der Waals surface area (Å²) in [5, 5.41) is 14.7. The van der Waals surface area contributed by atoms with Crippen molar-refractivity contribution in [1.29, 1.82) is 0 Å². The summed E-state index contributed by atoms with van der Waals surface area (Å²) < 4.78 is 32.2. The first-order valence-corrected chi connectivity index (χ1v) is 11.0. The highest BCUT2D eigenvalue weighted by Gasteiger charge is 2.27. The molecular weight excluding hydrogens is 446 g/mol. The van der Waals surface area contributed by atoms with Gasteiger partial charge in [0.2, 0.25) is 0 Å². The minimum absolute atomic E-state index is 0.0955.